The highest BCUT2D eigenvalue weighted by molar-refractivity contribution is 5.85. The standard InChI is InChI=1S/C22H32N2O3/c1-5-14(2)16-9-10-22(4,26)11-18(16)19(25)12-27-21-17-8-6-7-15(3)20(17)23-13-24-21/h6-8,13-14,16,18-19,25-26H,5,9-12H2,1-4H3/t14-,16-,18?,19?,22-/m1/s1. The van der Waals surface area contributed by atoms with E-state index in [0.29, 0.717) is 24.1 Å². The minimum Gasteiger partial charge on any atom is -0.474 e. The van der Waals surface area contributed by atoms with Gasteiger partial charge in [-0.3, -0.25) is 0 Å². The van der Waals surface area contributed by atoms with Crippen LogP contribution in [0.25, 0.3) is 10.9 Å². The summed E-state index contributed by atoms with van der Waals surface area (Å²) in [6, 6.07) is 5.91. The van der Waals surface area contributed by atoms with Gasteiger partial charge in [-0.15, -0.1) is 0 Å². The van der Waals surface area contributed by atoms with Crippen molar-refractivity contribution in [3.63, 3.8) is 0 Å². The second kappa shape index (κ2) is 8.11. The van der Waals surface area contributed by atoms with Crippen LogP contribution in [-0.4, -0.2) is 38.5 Å². The summed E-state index contributed by atoms with van der Waals surface area (Å²) >= 11 is 0. The Morgan fingerprint density at radius 3 is 2.81 bits per heavy atom. The molecule has 0 saturated heterocycles. The molecule has 2 unspecified atom stereocenters. The van der Waals surface area contributed by atoms with Crippen LogP contribution >= 0.6 is 0 Å². The molecule has 1 aromatic carbocycles. The van der Waals surface area contributed by atoms with Crippen LogP contribution < -0.4 is 4.74 Å². The summed E-state index contributed by atoms with van der Waals surface area (Å²) in [5.74, 6) is 1.45. The summed E-state index contributed by atoms with van der Waals surface area (Å²) in [6.45, 7) is 8.49. The molecule has 27 heavy (non-hydrogen) atoms. The van der Waals surface area contributed by atoms with E-state index < -0.39 is 11.7 Å². The molecular formula is C22H32N2O3. The van der Waals surface area contributed by atoms with Gasteiger partial charge in [0.25, 0.3) is 0 Å². The first-order chi connectivity index (χ1) is 12.8. The van der Waals surface area contributed by atoms with Crippen molar-refractivity contribution in [2.75, 3.05) is 6.61 Å². The van der Waals surface area contributed by atoms with Gasteiger partial charge >= 0.3 is 0 Å². The Morgan fingerprint density at radius 2 is 2.07 bits per heavy atom. The van der Waals surface area contributed by atoms with Crippen LogP contribution in [0.5, 0.6) is 5.88 Å². The van der Waals surface area contributed by atoms with Crippen LogP contribution in [0.1, 0.15) is 52.0 Å². The summed E-state index contributed by atoms with van der Waals surface area (Å²) in [5.41, 5.74) is 1.23. The quantitative estimate of drug-likeness (QED) is 0.804. The molecular weight excluding hydrogens is 340 g/mol. The lowest BCUT2D eigenvalue weighted by Gasteiger charge is -2.44. The van der Waals surface area contributed by atoms with Crippen molar-refractivity contribution in [2.24, 2.45) is 17.8 Å². The lowest BCUT2D eigenvalue weighted by atomic mass is 9.65. The Hall–Kier alpha value is -1.72. The maximum atomic E-state index is 10.9. The molecule has 0 amide bonds. The fraction of sp³-hybridized carbons (Fsp3) is 0.636. The van der Waals surface area contributed by atoms with Crippen molar-refractivity contribution in [3.05, 3.63) is 30.1 Å². The SMILES string of the molecule is CC[C@@H](C)[C@H]1CC[C@@](C)(O)CC1C(O)COc1ncnc2c(C)cccc12. The molecule has 1 aliphatic carbocycles. The summed E-state index contributed by atoms with van der Waals surface area (Å²) in [5, 5.41) is 22.3. The van der Waals surface area contributed by atoms with E-state index in [1.165, 1.54) is 6.33 Å². The third-order valence-corrected chi connectivity index (χ3v) is 6.33. The monoisotopic (exact) mass is 372 g/mol. The molecule has 1 saturated carbocycles. The number of ether oxygens (including phenoxy) is 1. The number of rotatable bonds is 6. The molecule has 1 heterocycles. The molecule has 3 rings (SSSR count). The lowest BCUT2D eigenvalue weighted by Crippen LogP contribution is -2.45. The van der Waals surface area contributed by atoms with Gasteiger partial charge in [0.2, 0.25) is 5.88 Å². The average molecular weight is 373 g/mol. The smallest absolute Gasteiger partial charge is 0.224 e. The van der Waals surface area contributed by atoms with Gasteiger partial charge in [-0.25, -0.2) is 9.97 Å². The number of nitrogens with zero attached hydrogens (tertiary/aromatic N) is 2. The average Bonchev–Trinajstić information content (AvgIpc) is 2.65. The predicted molar refractivity (Wildman–Crippen MR) is 107 cm³/mol. The molecule has 0 bridgehead atoms. The first kappa shape index (κ1) is 20.0. The van der Waals surface area contributed by atoms with E-state index in [2.05, 4.69) is 23.8 Å². The Balaban J connectivity index is 1.76. The highest BCUT2D eigenvalue weighted by Gasteiger charge is 2.41. The van der Waals surface area contributed by atoms with Crippen LogP contribution in [0.2, 0.25) is 0 Å². The van der Waals surface area contributed by atoms with Gasteiger partial charge < -0.3 is 14.9 Å². The maximum absolute atomic E-state index is 10.9. The van der Waals surface area contributed by atoms with E-state index in [-0.39, 0.29) is 12.5 Å². The highest BCUT2D eigenvalue weighted by atomic mass is 16.5. The zero-order valence-electron chi connectivity index (χ0n) is 16.9. The molecule has 5 nitrogen and oxygen atoms in total. The largest absolute Gasteiger partial charge is 0.474 e. The normalized spacial score (nSPS) is 28.1. The van der Waals surface area contributed by atoms with Crippen LogP contribution in [0.4, 0.5) is 0 Å². The zero-order valence-corrected chi connectivity index (χ0v) is 16.9. The number of hydrogen-bond donors (Lipinski definition) is 2. The number of aliphatic hydroxyl groups is 2. The third kappa shape index (κ3) is 4.41. The lowest BCUT2D eigenvalue weighted by molar-refractivity contribution is -0.0785. The van der Waals surface area contributed by atoms with Crippen molar-refractivity contribution >= 4 is 10.9 Å². The Kier molecular flexibility index (Phi) is 6.02. The fourth-order valence-corrected chi connectivity index (χ4v) is 4.50. The number of aromatic nitrogens is 2. The van der Waals surface area contributed by atoms with Gasteiger partial charge in [-0.05, 0) is 62.5 Å². The van der Waals surface area contributed by atoms with E-state index in [4.69, 9.17) is 4.74 Å². The van der Waals surface area contributed by atoms with E-state index in [9.17, 15) is 10.2 Å². The van der Waals surface area contributed by atoms with Crippen molar-refractivity contribution < 1.29 is 14.9 Å². The van der Waals surface area contributed by atoms with E-state index in [1.54, 1.807) is 0 Å². The summed E-state index contributed by atoms with van der Waals surface area (Å²) in [7, 11) is 0. The first-order valence-electron chi connectivity index (χ1n) is 10.1. The topological polar surface area (TPSA) is 75.5 Å². The number of hydrogen-bond acceptors (Lipinski definition) is 5. The Morgan fingerprint density at radius 1 is 1.30 bits per heavy atom. The first-order valence-corrected chi connectivity index (χ1v) is 10.1. The number of benzene rings is 1. The number of para-hydroxylation sites is 1. The van der Waals surface area contributed by atoms with Crippen LogP contribution in [0, 0.1) is 24.7 Å². The van der Waals surface area contributed by atoms with Gasteiger partial charge in [-0.2, -0.15) is 0 Å². The van der Waals surface area contributed by atoms with Gasteiger partial charge in [0, 0.05) is 0 Å². The highest BCUT2D eigenvalue weighted by Crippen LogP contribution is 2.42. The molecule has 148 valence electrons. The second-order valence-electron chi connectivity index (χ2n) is 8.48. The Bertz CT molecular complexity index is 777. The molecule has 0 aliphatic heterocycles. The minimum absolute atomic E-state index is 0.0264. The number of fused-ring (bicyclic) bond motifs is 1. The van der Waals surface area contributed by atoms with Crippen molar-refractivity contribution in [1.82, 2.24) is 9.97 Å². The van der Waals surface area contributed by atoms with Crippen LogP contribution in [-0.2, 0) is 0 Å². The molecule has 1 aromatic heterocycles. The maximum Gasteiger partial charge on any atom is 0.224 e. The molecule has 0 spiro atoms. The molecule has 2 aromatic rings. The molecule has 0 radical (unpaired) electrons. The van der Waals surface area contributed by atoms with Crippen LogP contribution in [0.15, 0.2) is 24.5 Å². The second-order valence-corrected chi connectivity index (χ2v) is 8.48. The third-order valence-electron chi connectivity index (χ3n) is 6.33. The van der Waals surface area contributed by atoms with Gasteiger partial charge in [-0.1, -0.05) is 32.4 Å². The molecule has 5 atom stereocenters. The zero-order chi connectivity index (χ0) is 19.6. The molecule has 5 heteroatoms. The van der Waals surface area contributed by atoms with Crippen molar-refractivity contribution in [2.45, 2.75) is 65.1 Å². The van der Waals surface area contributed by atoms with Crippen LogP contribution in [0.3, 0.4) is 0 Å². The van der Waals surface area contributed by atoms with E-state index in [1.807, 2.05) is 32.0 Å². The fourth-order valence-electron chi connectivity index (χ4n) is 4.50. The summed E-state index contributed by atoms with van der Waals surface area (Å²) in [4.78, 5) is 8.61. The van der Waals surface area contributed by atoms with Crippen molar-refractivity contribution in [1.29, 1.82) is 0 Å². The van der Waals surface area contributed by atoms with Gasteiger partial charge in [0.15, 0.2) is 0 Å². The Labute approximate surface area is 161 Å². The number of aliphatic hydroxyl groups excluding tert-OH is 1. The molecule has 1 aliphatic rings. The van der Waals surface area contributed by atoms with Gasteiger partial charge in [0.1, 0.15) is 12.9 Å². The summed E-state index contributed by atoms with van der Waals surface area (Å²) in [6.07, 6.45) is 4.29. The van der Waals surface area contributed by atoms with Crippen molar-refractivity contribution in [3.8, 4) is 5.88 Å². The molecule has 2 N–H and O–H groups in total. The summed E-state index contributed by atoms with van der Waals surface area (Å²) < 4.78 is 5.94. The van der Waals surface area contributed by atoms with E-state index >= 15 is 0 Å². The number of aryl methyl sites for hydroxylation is 1. The van der Waals surface area contributed by atoms with Gasteiger partial charge in [0.05, 0.1) is 22.6 Å². The molecule has 1 fully saturated rings. The predicted octanol–water partition coefficient (Wildman–Crippen LogP) is 3.89. The van der Waals surface area contributed by atoms with E-state index in [0.717, 1.165) is 35.7 Å². The minimum atomic E-state index is -0.714.